The van der Waals surface area contributed by atoms with Gasteiger partial charge in [0, 0.05) is 25.2 Å². The Balaban J connectivity index is 2.50. The Bertz CT molecular complexity index is 237. The van der Waals surface area contributed by atoms with Crippen LogP contribution in [0.15, 0.2) is 0 Å². The van der Waals surface area contributed by atoms with Gasteiger partial charge in [-0.3, -0.25) is 4.90 Å². The normalized spacial score (nSPS) is 24.2. The molecule has 0 aliphatic carbocycles. The Morgan fingerprint density at radius 2 is 2.00 bits per heavy atom. The molecule has 1 rings (SSSR count). The fourth-order valence-electron chi connectivity index (χ4n) is 2.87. The van der Waals surface area contributed by atoms with Gasteiger partial charge in [0.25, 0.3) is 0 Å². The van der Waals surface area contributed by atoms with Gasteiger partial charge in [-0.05, 0) is 59.0 Å². The largest absolute Gasteiger partial charge is 0.383 e. The Kier molecular flexibility index (Phi) is 7.33. The highest BCUT2D eigenvalue weighted by molar-refractivity contribution is 4.81. The third-order valence-corrected chi connectivity index (χ3v) is 4.20. The molecule has 0 spiro atoms. The van der Waals surface area contributed by atoms with E-state index in [1.165, 1.54) is 38.8 Å². The van der Waals surface area contributed by atoms with Crippen LogP contribution in [0.5, 0.6) is 0 Å². The van der Waals surface area contributed by atoms with Crippen molar-refractivity contribution in [3.63, 3.8) is 0 Å². The summed E-state index contributed by atoms with van der Waals surface area (Å²) in [5.74, 6) is 0.934. The van der Waals surface area contributed by atoms with Crippen molar-refractivity contribution in [2.75, 3.05) is 33.4 Å². The summed E-state index contributed by atoms with van der Waals surface area (Å²) in [6.45, 7) is 13.3. The molecule has 0 bridgehead atoms. The summed E-state index contributed by atoms with van der Waals surface area (Å²) in [6.07, 6.45) is 5.43. The van der Waals surface area contributed by atoms with Gasteiger partial charge in [0.2, 0.25) is 0 Å². The molecule has 1 fully saturated rings. The highest BCUT2D eigenvalue weighted by Gasteiger charge is 2.23. The van der Waals surface area contributed by atoms with Gasteiger partial charge < -0.3 is 10.1 Å². The van der Waals surface area contributed by atoms with Crippen LogP contribution >= 0.6 is 0 Å². The molecule has 1 heterocycles. The smallest absolute Gasteiger partial charge is 0.0630 e. The summed E-state index contributed by atoms with van der Waals surface area (Å²) in [5, 5.41) is 3.63. The van der Waals surface area contributed by atoms with Gasteiger partial charge in [0.05, 0.1) is 6.61 Å². The predicted molar refractivity (Wildman–Crippen MR) is 82.6 cm³/mol. The zero-order chi connectivity index (χ0) is 14.3. The first-order valence-corrected chi connectivity index (χ1v) is 7.94. The van der Waals surface area contributed by atoms with Gasteiger partial charge in [-0.15, -0.1) is 0 Å². The Hall–Kier alpha value is -0.120. The predicted octanol–water partition coefficient (Wildman–Crippen LogP) is 2.90. The molecule has 114 valence electrons. The van der Waals surface area contributed by atoms with Crippen molar-refractivity contribution in [1.82, 2.24) is 10.2 Å². The van der Waals surface area contributed by atoms with E-state index in [0.29, 0.717) is 6.04 Å². The third kappa shape index (κ3) is 6.73. The maximum Gasteiger partial charge on any atom is 0.0630 e. The average Bonchev–Trinajstić information content (AvgIpc) is 2.58. The van der Waals surface area contributed by atoms with E-state index in [1.54, 1.807) is 0 Å². The van der Waals surface area contributed by atoms with Crippen molar-refractivity contribution in [3.8, 4) is 0 Å². The minimum absolute atomic E-state index is 0.184. The SMILES string of the molecule is CCC1CCCN(C(CNC(C)(C)C)COC)CC1. The monoisotopic (exact) mass is 270 g/mol. The van der Waals surface area contributed by atoms with Crippen LogP contribution in [0.1, 0.15) is 53.4 Å². The number of likely N-dealkylation sites (tertiary alicyclic amines) is 1. The molecule has 1 aliphatic rings. The molecule has 1 saturated heterocycles. The van der Waals surface area contributed by atoms with Crippen LogP contribution in [0.3, 0.4) is 0 Å². The molecule has 0 aromatic rings. The van der Waals surface area contributed by atoms with E-state index >= 15 is 0 Å². The first kappa shape index (κ1) is 16.9. The molecule has 1 aliphatic heterocycles. The second kappa shape index (κ2) is 8.23. The highest BCUT2D eigenvalue weighted by Crippen LogP contribution is 2.21. The first-order chi connectivity index (χ1) is 8.96. The molecule has 2 atom stereocenters. The van der Waals surface area contributed by atoms with Gasteiger partial charge in [-0.1, -0.05) is 13.3 Å². The summed E-state index contributed by atoms with van der Waals surface area (Å²) < 4.78 is 5.43. The molecular formula is C16H34N2O. The van der Waals surface area contributed by atoms with Gasteiger partial charge in [0.15, 0.2) is 0 Å². The summed E-state index contributed by atoms with van der Waals surface area (Å²) in [7, 11) is 1.82. The quantitative estimate of drug-likeness (QED) is 0.803. The van der Waals surface area contributed by atoms with Gasteiger partial charge in [-0.25, -0.2) is 0 Å². The molecule has 0 aromatic heterocycles. The van der Waals surface area contributed by atoms with Gasteiger partial charge >= 0.3 is 0 Å². The maximum atomic E-state index is 5.43. The van der Waals surface area contributed by atoms with Crippen LogP contribution in [0.4, 0.5) is 0 Å². The van der Waals surface area contributed by atoms with E-state index in [-0.39, 0.29) is 5.54 Å². The molecule has 3 nitrogen and oxygen atoms in total. The number of hydrogen-bond donors (Lipinski definition) is 1. The number of hydrogen-bond acceptors (Lipinski definition) is 3. The first-order valence-electron chi connectivity index (χ1n) is 7.94. The van der Waals surface area contributed by atoms with Crippen molar-refractivity contribution < 1.29 is 4.74 Å². The van der Waals surface area contributed by atoms with Crippen LogP contribution in [0.25, 0.3) is 0 Å². The van der Waals surface area contributed by atoms with E-state index in [4.69, 9.17) is 4.74 Å². The lowest BCUT2D eigenvalue weighted by molar-refractivity contribution is 0.0866. The van der Waals surface area contributed by atoms with E-state index in [0.717, 1.165) is 19.1 Å². The summed E-state index contributed by atoms with van der Waals surface area (Å²) >= 11 is 0. The van der Waals surface area contributed by atoms with Crippen LogP contribution in [-0.2, 0) is 4.74 Å². The number of nitrogens with one attached hydrogen (secondary N) is 1. The molecule has 0 radical (unpaired) electrons. The Morgan fingerprint density at radius 3 is 2.58 bits per heavy atom. The average molecular weight is 270 g/mol. The second-order valence-electron chi connectivity index (χ2n) is 6.98. The van der Waals surface area contributed by atoms with E-state index in [9.17, 15) is 0 Å². The fourth-order valence-corrected chi connectivity index (χ4v) is 2.87. The van der Waals surface area contributed by atoms with Gasteiger partial charge in [-0.2, -0.15) is 0 Å². The van der Waals surface area contributed by atoms with Crippen LogP contribution < -0.4 is 5.32 Å². The molecule has 0 amide bonds. The zero-order valence-electron chi connectivity index (χ0n) is 13.7. The molecule has 3 heteroatoms. The number of methoxy groups -OCH3 is 1. The second-order valence-corrected chi connectivity index (χ2v) is 6.98. The summed E-state index contributed by atoms with van der Waals surface area (Å²) in [6, 6.07) is 0.514. The van der Waals surface area contributed by atoms with Crippen LogP contribution in [0, 0.1) is 5.92 Å². The van der Waals surface area contributed by atoms with E-state index < -0.39 is 0 Å². The minimum atomic E-state index is 0.184. The van der Waals surface area contributed by atoms with Crippen molar-refractivity contribution in [1.29, 1.82) is 0 Å². The molecular weight excluding hydrogens is 236 g/mol. The van der Waals surface area contributed by atoms with Crippen LogP contribution in [-0.4, -0.2) is 49.8 Å². The third-order valence-electron chi connectivity index (χ3n) is 4.20. The maximum absolute atomic E-state index is 5.43. The molecule has 0 aromatic carbocycles. The standard InChI is InChI=1S/C16H34N2O/c1-6-14-8-7-10-18(11-9-14)15(13-19-5)12-17-16(2,3)4/h14-15,17H,6-13H2,1-5H3. The topological polar surface area (TPSA) is 24.5 Å². The number of nitrogens with zero attached hydrogens (tertiary/aromatic N) is 1. The lowest BCUT2D eigenvalue weighted by atomic mass is 9.98. The zero-order valence-corrected chi connectivity index (χ0v) is 13.7. The van der Waals surface area contributed by atoms with Crippen molar-refractivity contribution in [2.24, 2.45) is 5.92 Å². The summed E-state index contributed by atoms with van der Waals surface area (Å²) in [5.41, 5.74) is 0.184. The Morgan fingerprint density at radius 1 is 1.26 bits per heavy atom. The summed E-state index contributed by atoms with van der Waals surface area (Å²) in [4.78, 5) is 2.64. The lowest BCUT2D eigenvalue weighted by Gasteiger charge is -2.33. The van der Waals surface area contributed by atoms with Crippen molar-refractivity contribution in [3.05, 3.63) is 0 Å². The molecule has 0 saturated carbocycles. The molecule has 1 N–H and O–H groups in total. The molecule has 19 heavy (non-hydrogen) atoms. The number of rotatable bonds is 6. The minimum Gasteiger partial charge on any atom is -0.383 e. The van der Waals surface area contributed by atoms with Crippen LogP contribution in [0.2, 0.25) is 0 Å². The van der Waals surface area contributed by atoms with E-state index in [1.807, 2.05) is 7.11 Å². The lowest BCUT2D eigenvalue weighted by Crippen LogP contribution is -2.50. The number of ether oxygens (including phenoxy) is 1. The van der Waals surface area contributed by atoms with Gasteiger partial charge in [0.1, 0.15) is 0 Å². The highest BCUT2D eigenvalue weighted by atomic mass is 16.5. The van der Waals surface area contributed by atoms with Crippen molar-refractivity contribution >= 4 is 0 Å². The Labute approximate surface area is 120 Å². The fraction of sp³-hybridized carbons (Fsp3) is 1.00. The van der Waals surface area contributed by atoms with Crippen molar-refractivity contribution in [2.45, 2.75) is 65.0 Å². The van der Waals surface area contributed by atoms with E-state index in [2.05, 4.69) is 37.9 Å². The molecule has 2 unspecified atom stereocenters.